The highest BCUT2D eigenvalue weighted by Gasteiger charge is 2.28. The van der Waals surface area contributed by atoms with E-state index in [0.717, 1.165) is 39.4 Å². The van der Waals surface area contributed by atoms with Crippen molar-refractivity contribution in [3.05, 3.63) is 111 Å². The van der Waals surface area contributed by atoms with E-state index in [2.05, 4.69) is 10.3 Å². The first-order valence-corrected chi connectivity index (χ1v) is 12.1. The first-order valence-electron chi connectivity index (χ1n) is 11.3. The van der Waals surface area contributed by atoms with Gasteiger partial charge < -0.3 is 9.47 Å². The van der Waals surface area contributed by atoms with Crippen molar-refractivity contribution in [3.8, 4) is 5.75 Å². The van der Waals surface area contributed by atoms with E-state index in [1.54, 1.807) is 25.3 Å². The van der Waals surface area contributed by atoms with Crippen LogP contribution >= 0.6 is 11.3 Å². The number of amides is 1. The number of carbonyl (C=O) groups excluding carboxylic acids is 2. The molecule has 2 heterocycles. The molecule has 1 amide bonds. The molecular formula is C28H24N2O4S. The Kier molecular flexibility index (Phi) is 6.33. The Balaban J connectivity index is 1.31. The van der Waals surface area contributed by atoms with Gasteiger partial charge in [0.15, 0.2) is 5.13 Å². The molecule has 176 valence electrons. The lowest BCUT2D eigenvalue weighted by atomic mass is 9.93. The van der Waals surface area contributed by atoms with Crippen LogP contribution in [0.15, 0.2) is 72.8 Å². The van der Waals surface area contributed by atoms with Crippen LogP contribution < -0.4 is 10.1 Å². The van der Waals surface area contributed by atoms with Crippen LogP contribution in [0.2, 0.25) is 0 Å². The van der Waals surface area contributed by atoms with Crippen molar-refractivity contribution < 1.29 is 19.1 Å². The first-order chi connectivity index (χ1) is 17.0. The van der Waals surface area contributed by atoms with Gasteiger partial charge in [0.05, 0.1) is 18.4 Å². The predicted octanol–water partition coefficient (Wildman–Crippen LogP) is 5.76. The number of nitrogens with zero attached hydrogens (tertiary/aromatic N) is 1. The summed E-state index contributed by atoms with van der Waals surface area (Å²) in [5, 5.41) is 3.47. The number of nitrogens with one attached hydrogen (secondary N) is 1. The molecule has 6 nitrogen and oxygen atoms in total. The zero-order chi connectivity index (χ0) is 24.4. The minimum atomic E-state index is -0.370. The minimum absolute atomic E-state index is 0.257. The van der Waals surface area contributed by atoms with E-state index in [4.69, 9.17) is 9.47 Å². The van der Waals surface area contributed by atoms with Crippen molar-refractivity contribution in [2.45, 2.75) is 25.9 Å². The number of thiazole rings is 1. The van der Waals surface area contributed by atoms with Crippen LogP contribution in [-0.4, -0.2) is 24.0 Å². The topological polar surface area (TPSA) is 77.5 Å². The van der Waals surface area contributed by atoms with Crippen molar-refractivity contribution in [1.82, 2.24) is 4.98 Å². The summed E-state index contributed by atoms with van der Waals surface area (Å²) in [6, 6.07) is 22.6. The molecule has 0 spiro atoms. The van der Waals surface area contributed by atoms with Gasteiger partial charge in [0, 0.05) is 23.3 Å². The van der Waals surface area contributed by atoms with Crippen molar-refractivity contribution in [2.24, 2.45) is 0 Å². The Morgan fingerprint density at radius 1 is 1.11 bits per heavy atom. The van der Waals surface area contributed by atoms with Gasteiger partial charge in [-0.1, -0.05) is 42.5 Å². The van der Waals surface area contributed by atoms with Crippen LogP contribution in [0.25, 0.3) is 0 Å². The molecule has 1 aromatic heterocycles. The third-order valence-electron chi connectivity index (χ3n) is 6.05. The van der Waals surface area contributed by atoms with Crippen molar-refractivity contribution in [3.63, 3.8) is 0 Å². The second-order valence-corrected chi connectivity index (χ2v) is 9.47. The molecule has 0 aliphatic carbocycles. The molecule has 0 fully saturated rings. The highest BCUT2D eigenvalue weighted by Crippen LogP contribution is 2.32. The molecule has 4 aromatic rings. The number of ether oxygens (including phenoxy) is 2. The molecule has 0 bridgehead atoms. The van der Waals surface area contributed by atoms with Crippen LogP contribution in [-0.2, 0) is 17.6 Å². The molecule has 1 N–H and O–H groups in total. The van der Waals surface area contributed by atoms with Gasteiger partial charge in [0.2, 0.25) is 0 Å². The quantitative estimate of drug-likeness (QED) is 0.352. The maximum absolute atomic E-state index is 13.0. The van der Waals surface area contributed by atoms with Crippen molar-refractivity contribution in [2.75, 3.05) is 12.4 Å². The number of methoxy groups -OCH3 is 1. The zero-order valence-electron chi connectivity index (χ0n) is 19.4. The number of esters is 1. The number of hydrogen-bond donors (Lipinski definition) is 1. The van der Waals surface area contributed by atoms with Gasteiger partial charge in [0.25, 0.3) is 5.91 Å². The third kappa shape index (κ3) is 4.95. The lowest BCUT2D eigenvalue weighted by Crippen LogP contribution is -2.23. The van der Waals surface area contributed by atoms with Crippen LogP contribution in [0.5, 0.6) is 5.75 Å². The van der Waals surface area contributed by atoms with E-state index in [1.165, 1.54) is 11.3 Å². The number of fused-ring (bicyclic) bond motifs is 1. The number of rotatable bonds is 6. The van der Waals surface area contributed by atoms with E-state index in [0.29, 0.717) is 22.7 Å². The molecule has 5 rings (SSSR count). The summed E-state index contributed by atoms with van der Waals surface area (Å²) in [7, 11) is 1.65. The maximum Gasteiger partial charge on any atom is 0.339 e. The lowest BCUT2D eigenvalue weighted by Gasteiger charge is -2.25. The third-order valence-corrected chi connectivity index (χ3v) is 7.12. The fourth-order valence-electron chi connectivity index (χ4n) is 4.13. The summed E-state index contributed by atoms with van der Waals surface area (Å²) < 4.78 is 10.8. The second-order valence-electron chi connectivity index (χ2n) is 8.39. The fourth-order valence-corrected chi connectivity index (χ4v) is 5.13. The molecule has 3 aromatic carbocycles. The number of aromatic nitrogens is 1. The van der Waals surface area contributed by atoms with Gasteiger partial charge in [-0.2, -0.15) is 0 Å². The van der Waals surface area contributed by atoms with Crippen LogP contribution in [0, 0.1) is 6.92 Å². The van der Waals surface area contributed by atoms with Crippen molar-refractivity contribution in [1.29, 1.82) is 0 Å². The van der Waals surface area contributed by atoms with E-state index < -0.39 is 0 Å². The Bertz CT molecular complexity index is 1380. The van der Waals surface area contributed by atoms with Gasteiger partial charge in [-0.25, -0.2) is 9.78 Å². The van der Waals surface area contributed by atoms with Crippen LogP contribution in [0.3, 0.4) is 0 Å². The number of cyclic esters (lactones) is 1. The number of carbonyl (C=O) groups is 2. The Hall–Kier alpha value is -3.97. The molecule has 1 unspecified atom stereocenters. The molecule has 7 heteroatoms. The average molecular weight is 485 g/mol. The molecular weight excluding hydrogens is 460 g/mol. The zero-order valence-corrected chi connectivity index (χ0v) is 20.2. The van der Waals surface area contributed by atoms with Gasteiger partial charge in [-0.15, -0.1) is 11.3 Å². The molecule has 0 saturated heterocycles. The van der Waals surface area contributed by atoms with Crippen LogP contribution in [0.1, 0.15) is 54.1 Å². The molecule has 1 aliphatic rings. The van der Waals surface area contributed by atoms with Crippen molar-refractivity contribution >= 4 is 28.3 Å². The summed E-state index contributed by atoms with van der Waals surface area (Å²) >= 11 is 1.47. The first kappa shape index (κ1) is 22.8. The Morgan fingerprint density at radius 3 is 2.63 bits per heavy atom. The highest BCUT2D eigenvalue weighted by molar-refractivity contribution is 7.15. The Labute approximate surface area is 207 Å². The summed E-state index contributed by atoms with van der Waals surface area (Å²) in [5.74, 6) is 0.190. The van der Waals surface area contributed by atoms with E-state index in [1.807, 2.05) is 61.5 Å². The van der Waals surface area contributed by atoms with Gasteiger partial charge in [0.1, 0.15) is 11.9 Å². The Morgan fingerprint density at radius 2 is 1.89 bits per heavy atom. The lowest BCUT2D eigenvalue weighted by molar-refractivity contribution is 0.0252. The molecule has 1 atom stereocenters. The molecule has 1 aliphatic heterocycles. The normalized spacial score (nSPS) is 14.7. The fraction of sp³-hybridized carbons (Fsp3) is 0.179. The number of hydrogen-bond acceptors (Lipinski definition) is 6. The summed E-state index contributed by atoms with van der Waals surface area (Å²) in [4.78, 5) is 31.2. The van der Waals surface area contributed by atoms with Crippen LogP contribution in [0.4, 0.5) is 5.13 Å². The summed E-state index contributed by atoms with van der Waals surface area (Å²) in [6.45, 7) is 1.94. The number of aryl methyl sites for hydroxylation is 1. The number of benzene rings is 3. The van der Waals surface area contributed by atoms with E-state index in [9.17, 15) is 9.59 Å². The minimum Gasteiger partial charge on any atom is -0.497 e. The average Bonchev–Trinajstić information content (AvgIpc) is 3.22. The monoisotopic (exact) mass is 484 g/mol. The largest absolute Gasteiger partial charge is 0.497 e. The van der Waals surface area contributed by atoms with Gasteiger partial charge in [-0.3, -0.25) is 10.1 Å². The molecule has 0 saturated carbocycles. The SMILES string of the molecule is COc1ccc(Cc2sc(NC(=O)c3ccc4c(c3)CC(c3ccccc3)OC4=O)nc2C)cc1. The van der Waals surface area contributed by atoms with E-state index in [-0.39, 0.29) is 18.0 Å². The summed E-state index contributed by atoms with van der Waals surface area (Å²) in [6.07, 6.45) is 0.886. The summed E-state index contributed by atoms with van der Waals surface area (Å²) in [5.41, 5.74) is 4.75. The smallest absolute Gasteiger partial charge is 0.339 e. The molecule has 0 radical (unpaired) electrons. The second kappa shape index (κ2) is 9.72. The predicted molar refractivity (Wildman–Crippen MR) is 135 cm³/mol. The van der Waals surface area contributed by atoms with E-state index >= 15 is 0 Å². The highest BCUT2D eigenvalue weighted by atomic mass is 32.1. The number of anilines is 1. The molecule has 35 heavy (non-hydrogen) atoms. The maximum atomic E-state index is 13.0. The standard InChI is InChI=1S/C28H24N2O4S/c1-17-25(14-18-8-11-22(33-2)12-9-18)35-28(29-17)30-26(31)20-10-13-23-21(15-20)16-24(34-27(23)32)19-6-4-3-5-7-19/h3-13,15,24H,14,16H2,1-2H3,(H,29,30,31). The van der Waals surface area contributed by atoms with Gasteiger partial charge in [-0.05, 0) is 53.9 Å². The van der Waals surface area contributed by atoms with Gasteiger partial charge >= 0.3 is 5.97 Å².